The summed E-state index contributed by atoms with van der Waals surface area (Å²) in [7, 11) is 0. The molecule has 2 aliphatic rings. The van der Waals surface area contributed by atoms with E-state index in [4.69, 9.17) is 4.74 Å². The number of aliphatic hydroxyl groups excluding tert-OH is 1. The number of ether oxygens (including phenoxy) is 1. The number of hydrogen-bond acceptors (Lipinski definition) is 7. The number of nitrogens with one attached hydrogen (secondary N) is 1. The second-order valence-corrected chi connectivity index (χ2v) is 8.41. The molecule has 144 valence electrons. The van der Waals surface area contributed by atoms with Crippen LogP contribution in [0.4, 0.5) is 0 Å². The quantitative estimate of drug-likeness (QED) is 0.461. The van der Waals surface area contributed by atoms with Gasteiger partial charge in [0.2, 0.25) is 5.91 Å². The minimum absolute atomic E-state index is 0.0609. The van der Waals surface area contributed by atoms with Gasteiger partial charge in [-0.25, -0.2) is 9.78 Å². The molecule has 2 aromatic rings. The normalized spacial score (nSPS) is 24.8. The van der Waals surface area contributed by atoms with E-state index in [0.717, 1.165) is 5.52 Å². The zero-order valence-electron chi connectivity index (χ0n) is 15.1. The predicted molar refractivity (Wildman–Crippen MR) is 103 cm³/mol. The lowest BCUT2D eigenvalue weighted by Crippen LogP contribution is -2.46. The Balaban J connectivity index is 1.49. The van der Waals surface area contributed by atoms with Crippen molar-refractivity contribution < 1.29 is 19.4 Å². The number of carbonyl (C=O) groups excluding carboxylic acids is 2. The van der Waals surface area contributed by atoms with Gasteiger partial charge >= 0.3 is 5.97 Å². The first-order chi connectivity index (χ1) is 13.4. The van der Waals surface area contributed by atoms with Crippen LogP contribution in [0.2, 0.25) is 0 Å². The smallest absolute Gasteiger partial charge is 0.330 e. The Kier molecular flexibility index (Phi) is 4.51. The molecule has 8 nitrogen and oxygen atoms in total. The van der Waals surface area contributed by atoms with Gasteiger partial charge in [-0.3, -0.25) is 4.79 Å². The lowest BCUT2D eigenvalue weighted by atomic mass is 10.2. The van der Waals surface area contributed by atoms with Gasteiger partial charge in [0.05, 0.1) is 15.9 Å². The number of carbonyl (C=O) groups is 2. The Morgan fingerprint density at radius 2 is 2.32 bits per heavy atom. The highest BCUT2D eigenvalue weighted by molar-refractivity contribution is 8.01. The lowest BCUT2D eigenvalue weighted by Gasteiger charge is -2.29. The second-order valence-electron chi connectivity index (χ2n) is 6.91. The first kappa shape index (κ1) is 18.4. The summed E-state index contributed by atoms with van der Waals surface area (Å²) in [4.78, 5) is 33.1. The van der Waals surface area contributed by atoms with Crippen molar-refractivity contribution in [3.05, 3.63) is 35.8 Å². The standard InChI is InChI=1S/C19H18N4O4S/c1-19-7-6-16(25)23(19)14(10-28-19)18(26)27-9-15(24)11(8-20)17-21-12-4-2-3-5-13(12)22-17/h2-5,14,24H,6-7,9-10H2,1H3,(H,21,22). The van der Waals surface area contributed by atoms with E-state index in [1.165, 1.54) is 0 Å². The molecule has 4 rings (SSSR count). The van der Waals surface area contributed by atoms with Crippen molar-refractivity contribution in [3.63, 3.8) is 0 Å². The summed E-state index contributed by atoms with van der Waals surface area (Å²) in [5, 5.41) is 19.7. The molecule has 28 heavy (non-hydrogen) atoms. The van der Waals surface area contributed by atoms with Crippen molar-refractivity contribution >= 4 is 40.2 Å². The number of hydrogen-bond donors (Lipinski definition) is 2. The molecule has 9 heteroatoms. The number of esters is 1. The topological polar surface area (TPSA) is 119 Å². The predicted octanol–water partition coefficient (Wildman–Crippen LogP) is 2.35. The van der Waals surface area contributed by atoms with Gasteiger partial charge in [-0.1, -0.05) is 12.1 Å². The molecule has 1 aromatic carbocycles. The maximum absolute atomic E-state index is 12.5. The third-order valence-electron chi connectivity index (χ3n) is 5.09. The number of H-pyrrole nitrogens is 1. The van der Waals surface area contributed by atoms with Crippen molar-refractivity contribution in [1.29, 1.82) is 5.26 Å². The molecule has 0 saturated carbocycles. The van der Waals surface area contributed by atoms with Gasteiger partial charge in [0.15, 0.2) is 11.6 Å². The number of aliphatic hydroxyl groups is 1. The Morgan fingerprint density at radius 3 is 3.07 bits per heavy atom. The van der Waals surface area contributed by atoms with Crippen molar-refractivity contribution in [3.8, 4) is 6.07 Å². The maximum Gasteiger partial charge on any atom is 0.330 e. The molecule has 1 amide bonds. The van der Waals surface area contributed by atoms with E-state index in [0.29, 0.717) is 24.1 Å². The van der Waals surface area contributed by atoms with Gasteiger partial charge in [-0.15, -0.1) is 11.8 Å². The maximum atomic E-state index is 12.5. The van der Waals surface area contributed by atoms with Gasteiger partial charge in [-0.2, -0.15) is 5.26 Å². The van der Waals surface area contributed by atoms with Gasteiger partial charge in [0, 0.05) is 12.2 Å². The minimum Gasteiger partial charge on any atom is -0.507 e. The van der Waals surface area contributed by atoms with Crippen LogP contribution in [0.5, 0.6) is 0 Å². The Hall–Kier alpha value is -2.99. The number of aromatic amines is 1. The molecule has 0 radical (unpaired) electrons. The lowest BCUT2D eigenvalue weighted by molar-refractivity contribution is -0.153. The molecule has 2 fully saturated rings. The molecular weight excluding hydrogens is 380 g/mol. The molecule has 1 aromatic heterocycles. The molecule has 3 heterocycles. The second kappa shape index (κ2) is 6.87. The number of nitrogens with zero attached hydrogens (tertiary/aromatic N) is 3. The van der Waals surface area contributed by atoms with Crippen molar-refractivity contribution in [2.45, 2.75) is 30.7 Å². The summed E-state index contributed by atoms with van der Waals surface area (Å²) in [6, 6.07) is 8.46. The highest BCUT2D eigenvalue weighted by Gasteiger charge is 2.53. The highest BCUT2D eigenvalue weighted by atomic mass is 32.2. The van der Waals surface area contributed by atoms with Gasteiger partial charge < -0.3 is 19.7 Å². The fourth-order valence-electron chi connectivity index (χ4n) is 3.63. The first-order valence-corrected chi connectivity index (χ1v) is 9.81. The summed E-state index contributed by atoms with van der Waals surface area (Å²) in [6.45, 7) is 1.49. The minimum atomic E-state index is -0.672. The van der Waals surface area contributed by atoms with Gasteiger partial charge in [-0.05, 0) is 25.5 Å². The number of imidazole rings is 1. The summed E-state index contributed by atoms with van der Waals surface area (Å²) in [6.07, 6.45) is 1.12. The Morgan fingerprint density at radius 1 is 1.54 bits per heavy atom. The summed E-state index contributed by atoms with van der Waals surface area (Å²) < 4.78 is 5.22. The number of para-hydroxylation sites is 2. The van der Waals surface area contributed by atoms with Crippen LogP contribution < -0.4 is 0 Å². The fraction of sp³-hybridized carbons (Fsp3) is 0.368. The van der Waals surface area contributed by atoms with E-state index < -0.39 is 24.4 Å². The number of benzene rings is 1. The number of thioether (sulfide) groups is 1. The van der Waals surface area contributed by atoms with Crippen LogP contribution in [-0.4, -0.2) is 55.1 Å². The van der Waals surface area contributed by atoms with Gasteiger partial charge in [0.1, 0.15) is 24.3 Å². The summed E-state index contributed by atoms with van der Waals surface area (Å²) in [5.41, 5.74) is 1.29. The number of allylic oxidation sites excluding steroid dienone is 1. The van der Waals surface area contributed by atoms with Crippen LogP contribution in [0.25, 0.3) is 16.6 Å². The molecule has 0 bridgehead atoms. The van der Waals surface area contributed by atoms with Crippen LogP contribution in [-0.2, 0) is 14.3 Å². The SMILES string of the molecule is CC12CCC(=O)N1C(C(=O)OCC(O)=C(C#N)c1nc3ccccc3[nH]1)CS2. The molecule has 0 spiro atoms. The number of fused-ring (bicyclic) bond motifs is 2. The van der Waals surface area contributed by atoms with Crippen LogP contribution in [0.3, 0.4) is 0 Å². The van der Waals surface area contributed by atoms with Crippen molar-refractivity contribution in [1.82, 2.24) is 14.9 Å². The van der Waals surface area contributed by atoms with Crippen LogP contribution in [0, 0.1) is 11.3 Å². The van der Waals surface area contributed by atoms with Crippen LogP contribution in [0.1, 0.15) is 25.6 Å². The van der Waals surface area contributed by atoms with E-state index in [9.17, 15) is 20.0 Å². The molecule has 0 aliphatic carbocycles. The number of rotatable bonds is 4. The molecule has 2 unspecified atom stereocenters. The number of amides is 1. The highest BCUT2D eigenvalue weighted by Crippen LogP contribution is 2.47. The number of nitriles is 1. The third kappa shape index (κ3) is 2.99. The molecular formula is C19H18N4O4S. The van der Waals surface area contributed by atoms with Crippen LogP contribution >= 0.6 is 11.8 Å². The Bertz CT molecular complexity index is 1010. The molecule has 2 atom stereocenters. The van der Waals surface area contributed by atoms with Crippen LogP contribution in [0.15, 0.2) is 30.0 Å². The first-order valence-electron chi connectivity index (χ1n) is 8.83. The zero-order valence-corrected chi connectivity index (χ0v) is 16.0. The molecule has 2 saturated heterocycles. The summed E-state index contributed by atoms with van der Waals surface area (Å²) in [5.74, 6) is -0.374. The third-order valence-corrected chi connectivity index (χ3v) is 6.60. The van der Waals surface area contributed by atoms with E-state index in [1.807, 2.05) is 25.1 Å². The van der Waals surface area contributed by atoms with Gasteiger partial charge in [0.25, 0.3) is 0 Å². The van der Waals surface area contributed by atoms with E-state index in [2.05, 4.69) is 9.97 Å². The number of aromatic nitrogens is 2. The molecule has 2 aliphatic heterocycles. The largest absolute Gasteiger partial charge is 0.507 e. The van der Waals surface area contributed by atoms with Crippen molar-refractivity contribution in [2.24, 2.45) is 0 Å². The van der Waals surface area contributed by atoms with E-state index in [1.54, 1.807) is 28.8 Å². The molecule has 2 N–H and O–H groups in total. The zero-order chi connectivity index (χ0) is 19.9. The monoisotopic (exact) mass is 398 g/mol. The fourth-order valence-corrected chi connectivity index (χ4v) is 5.05. The summed E-state index contributed by atoms with van der Waals surface area (Å²) >= 11 is 1.56. The Labute approximate surface area is 165 Å². The average Bonchev–Trinajstić information content (AvgIpc) is 3.33. The van der Waals surface area contributed by atoms with E-state index >= 15 is 0 Å². The van der Waals surface area contributed by atoms with Crippen molar-refractivity contribution in [2.75, 3.05) is 12.4 Å². The van der Waals surface area contributed by atoms with E-state index in [-0.39, 0.29) is 22.2 Å². The average molecular weight is 398 g/mol.